The third-order valence-electron chi connectivity index (χ3n) is 3.64. The van der Waals surface area contributed by atoms with Crippen molar-refractivity contribution >= 4 is 23.3 Å². The van der Waals surface area contributed by atoms with Gasteiger partial charge in [0.1, 0.15) is 12.4 Å². The van der Waals surface area contributed by atoms with Crippen molar-refractivity contribution < 1.29 is 9.53 Å². The average molecular weight is 347 g/mol. The number of urea groups is 1. The number of rotatable bonds is 9. The second-order valence-electron chi connectivity index (χ2n) is 5.59. The van der Waals surface area contributed by atoms with Gasteiger partial charge in [0.15, 0.2) is 0 Å². The van der Waals surface area contributed by atoms with Gasteiger partial charge in [-0.2, -0.15) is 0 Å². The molecule has 0 fully saturated rings. The van der Waals surface area contributed by atoms with Crippen molar-refractivity contribution in [3.05, 3.63) is 59.7 Å². The number of nitrogens with one attached hydrogen (secondary N) is 1. The first-order valence-corrected chi connectivity index (χ1v) is 8.64. The topological polar surface area (TPSA) is 64.4 Å². The summed E-state index contributed by atoms with van der Waals surface area (Å²) in [4.78, 5) is 11.2. The number of hydrogen-bond donors (Lipinski definition) is 2. The number of halogens is 1. The highest BCUT2D eigenvalue weighted by Crippen LogP contribution is 2.27. The summed E-state index contributed by atoms with van der Waals surface area (Å²) < 4.78 is 5.83. The summed E-state index contributed by atoms with van der Waals surface area (Å²) in [5, 5.41) is 2.64. The highest BCUT2D eigenvalue weighted by atomic mass is 35.5. The number of aryl methyl sites for hydroxylation is 1. The number of alkyl halides is 1. The molecule has 3 N–H and O–H groups in total. The largest absolute Gasteiger partial charge is 0.487 e. The molecule has 4 nitrogen and oxygen atoms in total. The summed E-state index contributed by atoms with van der Waals surface area (Å²) in [6, 6.07) is 15.1. The molecule has 0 saturated carbocycles. The van der Waals surface area contributed by atoms with E-state index in [0.717, 1.165) is 36.8 Å². The fraction of sp³-hybridized carbons (Fsp3) is 0.316. The zero-order chi connectivity index (χ0) is 17.2. The molecule has 24 heavy (non-hydrogen) atoms. The third-order valence-corrected chi connectivity index (χ3v) is 3.91. The Kier molecular flexibility index (Phi) is 7.43. The van der Waals surface area contributed by atoms with Gasteiger partial charge in [0.2, 0.25) is 0 Å². The normalized spacial score (nSPS) is 10.4. The van der Waals surface area contributed by atoms with Crippen LogP contribution in [0, 0.1) is 0 Å². The van der Waals surface area contributed by atoms with Crippen molar-refractivity contribution in [3.8, 4) is 5.75 Å². The molecular weight excluding hydrogens is 324 g/mol. The molecule has 5 heteroatoms. The molecule has 0 unspecified atom stereocenters. The van der Waals surface area contributed by atoms with Crippen LogP contribution in [-0.4, -0.2) is 11.9 Å². The van der Waals surface area contributed by atoms with Crippen molar-refractivity contribution in [1.82, 2.24) is 0 Å². The van der Waals surface area contributed by atoms with Crippen LogP contribution >= 0.6 is 11.6 Å². The first kappa shape index (κ1) is 18.1. The molecule has 2 aromatic rings. The van der Waals surface area contributed by atoms with Gasteiger partial charge in [-0.3, -0.25) is 0 Å². The molecule has 0 aliphatic rings. The number of benzene rings is 2. The molecule has 128 valence electrons. The van der Waals surface area contributed by atoms with Gasteiger partial charge in [-0.1, -0.05) is 42.8 Å². The monoisotopic (exact) mass is 346 g/mol. The minimum Gasteiger partial charge on any atom is -0.487 e. The summed E-state index contributed by atoms with van der Waals surface area (Å²) in [7, 11) is 0. The molecule has 0 radical (unpaired) electrons. The van der Waals surface area contributed by atoms with Crippen molar-refractivity contribution in [2.24, 2.45) is 5.73 Å². The predicted molar refractivity (Wildman–Crippen MR) is 98.7 cm³/mol. The number of amides is 2. The number of nitrogens with two attached hydrogens (primary N) is 1. The van der Waals surface area contributed by atoms with Crippen molar-refractivity contribution in [3.63, 3.8) is 0 Å². The molecule has 0 aliphatic carbocycles. The van der Waals surface area contributed by atoms with Crippen LogP contribution in [0.5, 0.6) is 5.75 Å². The second-order valence-corrected chi connectivity index (χ2v) is 5.97. The average Bonchev–Trinajstić information content (AvgIpc) is 2.58. The zero-order valence-electron chi connectivity index (χ0n) is 13.6. The van der Waals surface area contributed by atoms with Crippen LogP contribution in [-0.2, 0) is 13.0 Å². The van der Waals surface area contributed by atoms with Gasteiger partial charge in [0.05, 0.1) is 5.69 Å². The summed E-state index contributed by atoms with van der Waals surface area (Å²) in [5.74, 6) is 1.31. The lowest BCUT2D eigenvalue weighted by Gasteiger charge is -2.13. The van der Waals surface area contributed by atoms with Crippen LogP contribution in [0.15, 0.2) is 48.5 Å². The number of carbonyl (C=O) groups is 1. The third kappa shape index (κ3) is 6.13. The van der Waals surface area contributed by atoms with E-state index in [1.165, 1.54) is 0 Å². The smallest absolute Gasteiger partial charge is 0.316 e. The van der Waals surface area contributed by atoms with Crippen LogP contribution in [0.2, 0.25) is 0 Å². The summed E-state index contributed by atoms with van der Waals surface area (Å²) >= 11 is 5.69. The SMILES string of the molecule is NC(=O)Nc1cc(CCCCCCl)ccc1OCc1ccccc1. The first-order chi connectivity index (χ1) is 11.7. The molecule has 0 aliphatic heterocycles. The lowest BCUT2D eigenvalue weighted by molar-refractivity contribution is 0.259. The molecule has 0 bridgehead atoms. The maximum absolute atomic E-state index is 11.2. The highest BCUT2D eigenvalue weighted by Gasteiger charge is 2.08. The number of unbranched alkanes of at least 4 members (excludes halogenated alkanes) is 2. The number of carbonyl (C=O) groups excluding carboxylic acids is 1. The van der Waals surface area contributed by atoms with Gasteiger partial charge in [0.25, 0.3) is 0 Å². The Morgan fingerprint density at radius 2 is 1.83 bits per heavy atom. The maximum Gasteiger partial charge on any atom is 0.316 e. The van der Waals surface area contributed by atoms with E-state index in [1.54, 1.807) is 0 Å². The van der Waals surface area contributed by atoms with Crippen LogP contribution in [0.25, 0.3) is 0 Å². The molecule has 0 saturated heterocycles. The maximum atomic E-state index is 11.2. The van der Waals surface area contributed by atoms with Gasteiger partial charge in [-0.05, 0) is 42.5 Å². The van der Waals surface area contributed by atoms with E-state index in [-0.39, 0.29) is 0 Å². The van der Waals surface area contributed by atoms with Crippen molar-refractivity contribution in [1.29, 1.82) is 0 Å². The Bertz CT molecular complexity index is 647. The van der Waals surface area contributed by atoms with E-state index in [0.29, 0.717) is 23.9 Å². The molecule has 0 aromatic heterocycles. The Labute approximate surface area is 148 Å². The molecule has 0 spiro atoms. The lowest BCUT2D eigenvalue weighted by atomic mass is 10.1. The Balaban J connectivity index is 2.04. The van der Waals surface area contributed by atoms with E-state index < -0.39 is 6.03 Å². The minimum atomic E-state index is -0.598. The number of ether oxygens (including phenoxy) is 1. The summed E-state index contributed by atoms with van der Waals surface area (Å²) in [6.07, 6.45) is 4.11. The number of hydrogen-bond acceptors (Lipinski definition) is 2. The van der Waals surface area contributed by atoms with E-state index in [4.69, 9.17) is 22.1 Å². The van der Waals surface area contributed by atoms with Crippen LogP contribution in [0.3, 0.4) is 0 Å². The molecule has 0 heterocycles. The van der Waals surface area contributed by atoms with Gasteiger partial charge in [0, 0.05) is 5.88 Å². The van der Waals surface area contributed by atoms with E-state index in [9.17, 15) is 4.79 Å². The fourth-order valence-electron chi connectivity index (χ4n) is 2.42. The Hall–Kier alpha value is -2.20. The zero-order valence-corrected chi connectivity index (χ0v) is 14.4. The fourth-order valence-corrected chi connectivity index (χ4v) is 2.61. The Morgan fingerprint density at radius 3 is 2.54 bits per heavy atom. The number of anilines is 1. The van der Waals surface area contributed by atoms with Crippen molar-refractivity contribution in [2.45, 2.75) is 32.3 Å². The molecule has 2 amide bonds. The Morgan fingerprint density at radius 1 is 1.04 bits per heavy atom. The van der Waals surface area contributed by atoms with Gasteiger partial charge >= 0.3 is 6.03 Å². The highest BCUT2D eigenvalue weighted by molar-refractivity contribution is 6.17. The van der Waals surface area contributed by atoms with Crippen LogP contribution in [0.1, 0.15) is 30.4 Å². The minimum absolute atomic E-state index is 0.434. The van der Waals surface area contributed by atoms with Crippen LogP contribution in [0.4, 0.5) is 10.5 Å². The van der Waals surface area contributed by atoms with E-state index in [2.05, 4.69) is 5.32 Å². The first-order valence-electron chi connectivity index (χ1n) is 8.11. The molecule has 0 atom stereocenters. The molecule has 2 aromatic carbocycles. The second kappa shape index (κ2) is 9.83. The lowest BCUT2D eigenvalue weighted by Crippen LogP contribution is -2.20. The molecule has 2 rings (SSSR count). The predicted octanol–water partition coefficient (Wildman–Crippen LogP) is 4.71. The van der Waals surface area contributed by atoms with Crippen molar-refractivity contribution in [2.75, 3.05) is 11.2 Å². The van der Waals surface area contributed by atoms with E-state index in [1.807, 2.05) is 48.5 Å². The van der Waals surface area contributed by atoms with Crippen LogP contribution < -0.4 is 15.8 Å². The van der Waals surface area contributed by atoms with E-state index >= 15 is 0 Å². The summed E-state index contributed by atoms with van der Waals surface area (Å²) in [5.41, 5.74) is 8.08. The quantitative estimate of drug-likeness (QED) is 0.510. The van der Waals surface area contributed by atoms with Gasteiger partial charge in [-0.15, -0.1) is 11.6 Å². The van der Waals surface area contributed by atoms with Gasteiger partial charge in [-0.25, -0.2) is 4.79 Å². The summed E-state index contributed by atoms with van der Waals surface area (Å²) in [6.45, 7) is 0.434. The molecular formula is C19H23ClN2O2. The van der Waals surface area contributed by atoms with Gasteiger partial charge < -0.3 is 15.8 Å². The number of primary amides is 1. The standard InChI is InChI=1S/C19H23ClN2O2/c20-12-6-2-5-7-15-10-11-18(17(13-15)22-19(21)23)24-14-16-8-3-1-4-9-16/h1,3-4,8-11,13H,2,5-7,12,14H2,(H3,21,22,23).